The number of imidazole rings is 4. The molecule has 11 atom stereocenters. The molecule has 0 saturated carbocycles. The van der Waals surface area contributed by atoms with Crippen LogP contribution in [0.2, 0.25) is 0 Å². The van der Waals surface area contributed by atoms with Gasteiger partial charge < -0.3 is 64.9 Å². The van der Waals surface area contributed by atoms with Gasteiger partial charge in [0.05, 0.1) is 100 Å². The van der Waals surface area contributed by atoms with Crippen LogP contribution < -0.4 is 85.9 Å². The van der Waals surface area contributed by atoms with E-state index in [-0.39, 0.29) is 170 Å². The van der Waals surface area contributed by atoms with E-state index in [0.29, 0.717) is 22.6 Å². The van der Waals surface area contributed by atoms with Crippen molar-refractivity contribution in [3.8, 4) is 0 Å². The van der Waals surface area contributed by atoms with Crippen LogP contribution in [0.5, 0.6) is 0 Å². The van der Waals surface area contributed by atoms with Gasteiger partial charge in [-0.3, -0.25) is 95.7 Å². The summed E-state index contributed by atoms with van der Waals surface area (Å²) in [5.41, 5.74) is 22.3. The van der Waals surface area contributed by atoms with E-state index in [2.05, 4.69) is 101 Å². The molecule has 0 aromatic carbocycles. The molecule has 0 aliphatic carbocycles. The molecule has 8 rings (SSSR count). The van der Waals surface area contributed by atoms with Crippen LogP contribution in [0.4, 0.5) is 23.8 Å². The Morgan fingerprint density at radius 3 is 0.681 bits per heavy atom. The summed E-state index contributed by atoms with van der Waals surface area (Å²) >= 11 is 0. The Labute approximate surface area is 680 Å². The number of aromatic nitrogens is 16. The maximum Gasteiger partial charge on any atom is 0.323 e. The van der Waals surface area contributed by atoms with Gasteiger partial charge in [0.1, 0.15) is 71.9 Å². The number of ketones is 7. The van der Waals surface area contributed by atoms with E-state index in [1.165, 1.54) is 80.7 Å². The minimum absolute atomic E-state index is 0.0282. The summed E-state index contributed by atoms with van der Waals surface area (Å²) in [6.45, 7) is 27.2. The number of Topliss-reactive ketones (excluding diaryl/α,β-unsaturated/α-hetero) is 7. The average molecular weight is 1750 g/mol. The minimum Gasteiger partial charge on any atom is -0.462 e. The number of hydrogen-bond donors (Lipinski definition) is 16. The summed E-state index contributed by atoms with van der Waals surface area (Å²) in [6, 6.07) is -5.66. The second-order valence-electron chi connectivity index (χ2n) is 27.9. The van der Waals surface area contributed by atoms with Gasteiger partial charge in [0, 0.05) is 26.2 Å². The Kier molecular flexibility index (Phi) is 37.7. The lowest BCUT2D eigenvalue weighted by Crippen LogP contribution is -2.42. The second kappa shape index (κ2) is 45.0. The fourth-order valence-corrected chi connectivity index (χ4v) is 18.8. The number of nitrogens with one attached hydrogen (secondary N) is 12. The third-order valence-corrected chi connectivity index (χ3v) is 25.8. The average Bonchev–Trinajstić information content (AvgIpc) is 1.68. The maximum absolute atomic E-state index is 13.4. The predicted molar refractivity (Wildman–Crippen MR) is 441 cm³/mol. The molecule has 0 radical (unpaired) electrons. The van der Waals surface area contributed by atoms with Gasteiger partial charge in [-0.25, -0.2) is 60.6 Å². The number of carbonyl (C=O) groups excluding carboxylic acids is 8. The highest BCUT2D eigenvalue weighted by Crippen LogP contribution is 2.41. The smallest absolute Gasteiger partial charge is 0.323 e. The first-order valence-corrected chi connectivity index (χ1v) is 44.5. The van der Waals surface area contributed by atoms with Gasteiger partial charge in [0.25, 0.3) is 22.2 Å². The number of carbonyl (C=O) groups is 8. The van der Waals surface area contributed by atoms with Gasteiger partial charge in [0.15, 0.2) is 44.7 Å². The van der Waals surface area contributed by atoms with E-state index in [1.807, 2.05) is 0 Å². The fourth-order valence-electron chi connectivity index (χ4n) is 9.93. The number of esters is 1. The number of nitrogens with zero attached hydrogens (tertiary/aromatic N) is 12. The van der Waals surface area contributed by atoms with E-state index in [4.69, 9.17) is 46.6 Å². The molecular formula is C66H108N28O21P4. The zero-order valence-corrected chi connectivity index (χ0v) is 72.6. The first-order chi connectivity index (χ1) is 55.5. The summed E-state index contributed by atoms with van der Waals surface area (Å²) in [4.78, 5) is 182. The van der Waals surface area contributed by atoms with Crippen molar-refractivity contribution in [3.05, 3.63) is 66.7 Å². The van der Waals surface area contributed by atoms with Gasteiger partial charge in [-0.05, 0) is 118 Å². The molecule has 0 saturated heterocycles. The molecule has 8 aromatic heterocycles. The van der Waals surface area contributed by atoms with Crippen LogP contribution in [0.3, 0.4) is 0 Å². The van der Waals surface area contributed by atoms with Crippen LogP contribution in [-0.4, -0.2) is 231 Å². The molecule has 8 heterocycles. The van der Waals surface area contributed by atoms with Gasteiger partial charge in [-0.1, -0.05) is 0 Å². The van der Waals surface area contributed by atoms with Crippen LogP contribution in [0.25, 0.3) is 44.7 Å². The third-order valence-electron chi connectivity index (χ3n) is 17.2. The number of ether oxygens (including phenoxy) is 5. The highest BCUT2D eigenvalue weighted by Gasteiger charge is 2.35. The summed E-state index contributed by atoms with van der Waals surface area (Å²) in [6.07, 6.45) is 4.36. The lowest BCUT2D eigenvalue weighted by molar-refractivity contribution is -0.149. The zero-order chi connectivity index (χ0) is 89.4. The number of aromatic amines is 4. The molecule has 0 aliphatic rings. The predicted octanol–water partition coefficient (Wildman–Crippen LogP) is 0.375. The summed E-state index contributed by atoms with van der Waals surface area (Å²) < 4.78 is 86.5. The van der Waals surface area contributed by atoms with Crippen molar-refractivity contribution in [3.63, 3.8) is 0 Å². The molecule has 0 amide bonds. The maximum atomic E-state index is 13.4. The molecule has 0 aliphatic heterocycles. The summed E-state index contributed by atoms with van der Waals surface area (Å²) in [5.74, 6) is -2.07. The number of nitrogens with two attached hydrogens (primary N) is 4. The second-order valence-corrected chi connectivity index (χ2v) is 36.9. The van der Waals surface area contributed by atoms with Crippen LogP contribution in [0.15, 0.2) is 44.5 Å². The number of fused-ring (bicyclic) bond motifs is 4. The molecule has 658 valence electrons. The number of H-pyrrole nitrogens is 4. The molecule has 0 spiro atoms. The molecule has 8 aromatic rings. The SMILES string of the molecule is CC(=O)[C@H](C)NP(=O)(COCCn1cnc2c(=O)[nH]c(N)nc21)N[C@@H](C)C(C)=O.CC(=O)[C@H](C)NP(=O)(COCCn1cnc2c(=O)[nH]c(N)nc21)N[C@H](C)C(=O)OC(C)C.CC(=O)[C@H](C)NP(=O)(COCCn1cnc2c(=O)[nH]c(N)nc21)N[C@H](C)C(C)=O.CC(=O)[C@H](C)NP(=O)(COCCn1cnc2c(=O)[nH]c(N)nc21)N[C@H](C)C(C)=O. The topological polar surface area (TPSA) is 706 Å². The Morgan fingerprint density at radius 1 is 0.336 bits per heavy atom. The summed E-state index contributed by atoms with van der Waals surface area (Å²) in [5, 5.41) is 21.9. The number of anilines is 4. The summed E-state index contributed by atoms with van der Waals surface area (Å²) in [7, 11) is -13.7. The largest absolute Gasteiger partial charge is 0.462 e. The van der Waals surface area contributed by atoms with E-state index in [1.54, 1.807) is 80.6 Å². The van der Waals surface area contributed by atoms with E-state index < -0.39 is 106 Å². The van der Waals surface area contributed by atoms with Crippen molar-refractivity contribution < 1.29 is 80.3 Å². The van der Waals surface area contributed by atoms with Crippen molar-refractivity contribution in [2.24, 2.45) is 0 Å². The Balaban J connectivity index is 0.000000283. The Hall–Kier alpha value is -9.80. The van der Waals surface area contributed by atoms with Crippen molar-refractivity contribution in [1.82, 2.24) is 119 Å². The first-order valence-electron chi connectivity index (χ1n) is 36.9. The molecule has 119 heavy (non-hydrogen) atoms. The van der Waals surface area contributed by atoms with E-state index in [9.17, 15) is 75.8 Å². The third kappa shape index (κ3) is 31.1. The van der Waals surface area contributed by atoms with Crippen molar-refractivity contribution in [2.45, 2.75) is 198 Å². The quantitative estimate of drug-likeness (QED) is 0.0139. The van der Waals surface area contributed by atoms with Crippen molar-refractivity contribution >= 4 is 145 Å². The highest BCUT2D eigenvalue weighted by molar-refractivity contribution is 7.60. The number of rotatable bonds is 45. The van der Waals surface area contributed by atoms with Crippen LogP contribution in [0.1, 0.15) is 118 Å². The van der Waals surface area contributed by atoms with Crippen LogP contribution in [-0.2, 0) is 106 Å². The normalized spacial score (nSPS) is 15.2. The fraction of sp³-hybridized carbons (Fsp3) is 0.576. The highest BCUT2D eigenvalue weighted by atomic mass is 31.2. The van der Waals surface area contributed by atoms with E-state index >= 15 is 0 Å². The Bertz CT molecular complexity index is 4910. The lowest BCUT2D eigenvalue weighted by Gasteiger charge is -2.26. The zero-order valence-electron chi connectivity index (χ0n) is 69.0. The number of hydrogen-bond acceptors (Lipinski definition) is 33. The molecular weight excluding hydrogens is 1640 g/mol. The Morgan fingerprint density at radius 2 is 0.513 bits per heavy atom. The minimum atomic E-state index is -3.51. The standard InChI is InChI=1S/C18H30N7O6P.3C16H26N7O5P/c1-10(2)31-17(28)12(4)24-32(29,23-11(3)13(5)26)9-30-7-6-25-8-20-14-15(25)21-18(19)22-16(14)27;3*1-9(11(3)24)21-29(27,22-10(2)12(4)25)8-28-6-5-23-7-18-13-14(23)19-16(17)20-15(13)26/h8,10-12H,6-7,9H2,1-5H3,(H2,23,24,29)(H3,19,21,22,27);3*7,9-10H,5-6,8H2,1-4H3,(H2,21,22,27)(H3,17,19,20,26)/t11-,12+,32?;2*9-,10+,29?;9-,10-/m0..0/s1. The lowest BCUT2D eigenvalue weighted by atomic mass is 10.3. The monoisotopic (exact) mass is 1750 g/mol. The van der Waals surface area contributed by atoms with Gasteiger partial charge in [-0.2, -0.15) is 19.9 Å². The van der Waals surface area contributed by atoms with Crippen LogP contribution >= 0.6 is 29.8 Å². The first kappa shape index (κ1) is 99.8. The van der Waals surface area contributed by atoms with Crippen molar-refractivity contribution in [2.75, 3.05) is 74.8 Å². The van der Waals surface area contributed by atoms with Gasteiger partial charge in [-0.15, -0.1) is 0 Å². The number of nitrogen functional groups attached to an aromatic ring is 4. The molecule has 49 nitrogen and oxygen atoms in total. The molecule has 20 N–H and O–H groups in total. The molecule has 3 unspecified atom stereocenters. The van der Waals surface area contributed by atoms with Gasteiger partial charge >= 0.3 is 5.97 Å². The molecule has 0 fully saturated rings. The van der Waals surface area contributed by atoms with Crippen molar-refractivity contribution in [1.29, 1.82) is 0 Å². The van der Waals surface area contributed by atoms with Gasteiger partial charge in [0.2, 0.25) is 53.6 Å². The van der Waals surface area contributed by atoms with Crippen LogP contribution in [0, 0.1) is 0 Å². The molecule has 53 heteroatoms. The van der Waals surface area contributed by atoms with E-state index in [0.717, 1.165) is 0 Å². The molecule has 0 bridgehead atoms.